The minimum Gasteiger partial charge on any atom is -0.135 e. The Morgan fingerprint density at radius 1 is 0.481 bits per heavy atom. The highest BCUT2D eigenvalue weighted by Crippen LogP contribution is 2.52. The molecule has 0 atom stereocenters. The van der Waals surface area contributed by atoms with Crippen molar-refractivity contribution >= 4 is 31.5 Å². The minimum absolute atomic E-state index is 0.815. The highest BCUT2D eigenvalue weighted by molar-refractivity contribution is 7.25. The quantitative estimate of drug-likeness (QED) is 0.181. The Balaban J connectivity index is 1.36. The molecule has 0 bridgehead atoms. The first-order valence-corrected chi connectivity index (χ1v) is 18.6. The Morgan fingerprint density at radius 2 is 1.12 bits per heavy atom. The number of rotatable bonds is 5. The summed E-state index contributed by atoms with van der Waals surface area (Å²) in [5, 5.41) is 16.7. The van der Waals surface area contributed by atoms with Gasteiger partial charge in [-0.2, -0.15) is 0 Å². The van der Waals surface area contributed by atoms with Crippen LogP contribution in [0.5, 0.6) is 0 Å². The Kier molecular flexibility index (Phi) is 7.19. The third-order valence-corrected chi connectivity index (χ3v) is 11.9. The Labute approximate surface area is 306 Å². The lowest BCUT2D eigenvalue weighted by atomic mass is 9.81. The summed E-state index contributed by atoms with van der Waals surface area (Å²) < 4.78 is 2.55. The second kappa shape index (κ2) is 12.2. The van der Waals surface area contributed by atoms with Crippen LogP contribution >= 0.6 is 11.3 Å². The summed E-state index contributed by atoms with van der Waals surface area (Å²) in [6.07, 6.45) is 0.902. The fraction of sp³-hybridized carbons (Fsp3) is 0.0625. The van der Waals surface area contributed by atoms with Gasteiger partial charge in [-0.05, 0) is 98.8 Å². The van der Waals surface area contributed by atoms with Gasteiger partial charge < -0.3 is 0 Å². The van der Waals surface area contributed by atoms with E-state index in [9.17, 15) is 0 Å². The molecule has 52 heavy (non-hydrogen) atoms. The van der Waals surface area contributed by atoms with E-state index >= 15 is 0 Å². The molecule has 246 valence electrons. The van der Waals surface area contributed by atoms with E-state index in [1.807, 2.05) is 17.4 Å². The largest absolute Gasteiger partial charge is 0.135 e. The van der Waals surface area contributed by atoms with Crippen LogP contribution in [0, 0.1) is 13.8 Å². The fourth-order valence-electron chi connectivity index (χ4n) is 8.31. The van der Waals surface area contributed by atoms with Crippen molar-refractivity contribution < 1.29 is 0 Å². The van der Waals surface area contributed by atoms with Gasteiger partial charge in [0.15, 0.2) is 0 Å². The van der Waals surface area contributed by atoms with E-state index in [4.69, 9.17) is 10.2 Å². The van der Waals surface area contributed by atoms with Crippen LogP contribution in [0.2, 0.25) is 0 Å². The first kappa shape index (κ1) is 30.6. The molecule has 0 aliphatic heterocycles. The number of nitrogens with zero attached hydrogens (tertiary/aromatic N) is 3. The average Bonchev–Trinajstić information content (AvgIpc) is 3.77. The minimum atomic E-state index is 0.815. The molecule has 0 spiro atoms. The van der Waals surface area contributed by atoms with Crippen molar-refractivity contribution in [1.82, 2.24) is 15.4 Å². The van der Waals surface area contributed by atoms with Crippen LogP contribution in [0.3, 0.4) is 0 Å². The monoisotopic (exact) mass is 683 g/mol. The summed E-state index contributed by atoms with van der Waals surface area (Å²) in [6, 6.07) is 54.5. The van der Waals surface area contributed by atoms with Crippen LogP contribution in [0.4, 0.5) is 0 Å². The summed E-state index contributed by atoms with van der Waals surface area (Å²) in [6.45, 7) is 4.55. The van der Waals surface area contributed by atoms with Crippen molar-refractivity contribution in [3.8, 4) is 67.0 Å². The van der Waals surface area contributed by atoms with Crippen molar-refractivity contribution in [2.75, 3.05) is 0 Å². The van der Waals surface area contributed by atoms with Crippen molar-refractivity contribution in [3.05, 3.63) is 174 Å². The lowest BCUT2D eigenvalue weighted by Crippen LogP contribution is -2.03. The van der Waals surface area contributed by atoms with Gasteiger partial charge in [-0.25, -0.2) is 0 Å². The fourth-order valence-corrected chi connectivity index (χ4v) is 9.44. The predicted octanol–water partition coefficient (Wildman–Crippen LogP) is 12.8. The van der Waals surface area contributed by atoms with Crippen molar-refractivity contribution in [3.63, 3.8) is 0 Å². The van der Waals surface area contributed by atoms with Gasteiger partial charge in [-0.3, -0.25) is 0 Å². The van der Waals surface area contributed by atoms with Gasteiger partial charge in [-0.1, -0.05) is 140 Å². The van der Waals surface area contributed by atoms with Gasteiger partial charge in [0, 0.05) is 36.9 Å². The van der Waals surface area contributed by atoms with Crippen LogP contribution in [0.15, 0.2) is 152 Å². The molecule has 9 aromatic rings. The summed E-state index contributed by atoms with van der Waals surface area (Å²) in [5.41, 5.74) is 18.6. The standard InChI is InChI=1S/C48H33N3S/c1-29-27-39-34-20-10-9-19-33(34)28-40(39)43(30(29)2)36-22-13-24-38(45(36)37-23-14-26-42-46(37)35-21-11-12-25-41(35)52-42)48-44(31-15-5-3-6-16-31)47(49-51-50-48)32-17-7-4-8-18-32/h3-27H,28H2,1-2H3. The van der Waals surface area contributed by atoms with Gasteiger partial charge in [-0.15, -0.1) is 21.5 Å². The number of thiophene rings is 1. The Morgan fingerprint density at radius 3 is 1.96 bits per heavy atom. The molecular weight excluding hydrogens is 651 g/mol. The van der Waals surface area contributed by atoms with Crippen molar-refractivity contribution in [2.45, 2.75) is 20.3 Å². The van der Waals surface area contributed by atoms with Crippen LogP contribution in [0.1, 0.15) is 22.3 Å². The second-order valence-electron chi connectivity index (χ2n) is 13.7. The molecule has 3 nitrogen and oxygen atoms in total. The molecule has 0 amide bonds. The molecule has 1 aliphatic rings. The third kappa shape index (κ3) is 4.75. The van der Waals surface area contributed by atoms with Gasteiger partial charge in [0.05, 0.1) is 0 Å². The maximum atomic E-state index is 4.95. The van der Waals surface area contributed by atoms with Crippen LogP contribution in [0.25, 0.3) is 87.2 Å². The van der Waals surface area contributed by atoms with Gasteiger partial charge >= 0.3 is 0 Å². The molecule has 0 saturated heterocycles. The van der Waals surface area contributed by atoms with Crippen LogP contribution in [-0.2, 0) is 6.42 Å². The lowest BCUT2D eigenvalue weighted by Gasteiger charge is -2.23. The van der Waals surface area contributed by atoms with Gasteiger partial charge in [0.1, 0.15) is 11.4 Å². The van der Waals surface area contributed by atoms with E-state index < -0.39 is 0 Å². The molecule has 2 aromatic heterocycles. The van der Waals surface area contributed by atoms with Crippen molar-refractivity contribution in [1.29, 1.82) is 0 Å². The Bertz CT molecular complexity index is 2840. The Hall–Kier alpha value is -6.23. The van der Waals surface area contributed by atoms with Gasteiger partial charge in [0.2, 0.25) is 0 Å². The van der Waals surface area contributed by atoms with E-state index in [0.29, 0.717) is 0 Å². The SMILES string of the molecule is Cc1cc2c(c(-c3cccc(-c4nnnc(-c5ccccc5)c4-c4ccccc4)c3-c3cccc4sc5ccccc5c34)c1C)Cc1ccccc1-2. The highest BCUT2D eigenvalue weighted by atomic mass is 32.1. The number of aromatic nitrogens is 3. The molecule has 4 heteroatoms. The number of hydrogen-bond acceptors (Lipinski definition) is 4. The van der Waals surface area contributed by atoms with E-state index in [1.165, 1.54) is 75.8 Å². The molecule has 0 fully saturated rings. The summed E-state index contributed by atoms with van der Waals surface area (Å²) in [4.78, 5) is 0. The first-order valence-electron chi connectivity index (χ1n) is 17.8. The van der Waals surface area contributed by atoms with E-state index in [-0.39, 0.29) is 0 Å². The summed E-state index contributed by atoms with van der Waals surface area (Å²) in [7, 11) is 0. The first-order chi connectivity index (χ1) is 25.7. The third-order valence-electron chi connectivity index (χ3n) is 10.8. The smallest absolute Gasteiger partial charge is 0.105 e. The zero-order valence-electron chi connectivity index (χ0n) is 28.9. The summed E-state index contributed by atoms with van der Waals surface area (Å²) in [5.74, 6) is 0. The predicted molar refractivity (Wildman–Crippen MR) is 218 cm³/mol. The molecule has 1 aliphatic carbocycles. The molecule has 0 N–H and O–H groups in total. The molecule has 0 saturated carbocycles. The van der Waals surface area contributed by atoms with E-state index in [0.717, 1.165) is 40.1 Å². The van der Waals surface area contributed by atoms with Gasteiger partial charge in [0.25, 0.3) is 0 Å². The zero-order chi connectivity index (χ0) is 34.8. The van der Waals surface area contributed by atoms with Crippen LogP contribution in [-0.4, -0.2) is 15.4 Å². The molecule has 2 heterocycles. The number of fused-ring (bicyclic) bond motifs is 6. The lowest BCUT2D eigenvalue weighted by molar-refractivity contribution is 0.879. The molecule has 10 rings (SSSR count). The van der Waals surface area contributed by atoms with Crippen molar-refractivity contribution in [2.24, 2.45) is 0 Å². The topological polar surface area (TPSA) is 38.7 Å². The maximum absolute atomic E-state index is 4.95. The summed E-state index contributed by atoms with van der Waals surface area (Å²) >= 11 is 1.85. The average molecular weight is 684 g/mol. The zero-order valence-corrected chi connectivity index (χ0v) is 29.7. The molecule has 0 unspecified atom stereocenters. The number of hydrogen-bond donors (Lipinski definition) is 0. The van der Waals surface area contributed by atoms with E-state index in [2.05, 4.69) is 165 Å². The van der Waals surface area contributed by atoms with E-state index in [1.54, 1.807) is 0 Å². The molecule has 0 radical (unpaired) electrons. The number of aryl methyl sites for hydroxylation is 1. The maximum Gasteiger partial charge on any atom is 0.105 e. The second-order valence-corrected chi connectivity index (χ2v) is 14.7. The van der Waals surface area contributed by atoms with Crippen LogP contribution < -0.4 is 0 Å². The molecule has 7 aromatic carbocycles. The molecular formula is C48H33N3S. The normalized spacial score (nSPS) is 12.0. The highest BCUT2D eigenvalue weighted by Gasteiger charge is 2.29. The number of benzene rings is 7.